The van der Waals surface area contributed by atoms with Gasteiger partial charge in [0.2, 0.25) is 5.65 Å². The molecule has 0 aliphatic heterocycles. The summed E-state index contributed by atoms with van der Waals surface area (Å²) in [6, 6.07) is 9.46. The highest BCUT2D eigenvalue weighted by atomic mass is 16.5. The number of ether oxygens (including phenoxy) is 1. The quantitative estimate of drug-likeness (QED) is 0.295. The monoisotopic (exact) mass is 474 g/mol. The lowest BCUT2D eigenvalue weighted by Crippen LogP contribution is -2.15. The molecular weight excluding hydrogens is 444 g/mol. The Balaban J connectivity index is 1.42. The number of anilines is 3. The number of nitrogens with one attached hydrogen (secondary N) is 3. The maximum atomic E-state index is 12.8. The summed E-state index contributed by atoms with van der Waals surface area (Å²) in [4.78, 5) is 26.2. The summed E-state index contributed by atoms with van der Waals surface area (Å²) < 4.78 is 6.86. The molecule has 0 unspecified atom stereocenters. The topological polar surface area (TPSA) is 119 Å². The van der Waals surface area contributed by atoms with Crippen LogP contribution in [0, 0.1) is 6.92 Å². The van der Waals surface area contributed by atoms with Gasteiger partial charge >= 0.3 is 0 Å². The molecule has 182 valence electrons. The van der Waals surface area contributed by atoms with Gasteiger partial charge in [-0.25, -0.2) is 15.0 Å². The molecule has 3 aromatic heterocycles. The van der Waals surface area contributed by atoms with Crippen LogP contribution in [0.2, 0.25) is 0 Å². The van der Waals surface area contributed by atoms with Gasteiger partial charge in [-0.2, -0.15) is 5.10 Å². The van der Waals surface area contributed by atoms with Gasteiger partial charge in [0.05, 0.1) is 30.6 Å². The number of pyridine rings is 1. The molecule has 0 saturated heterocycles. The molecule has 3 heterocycles. The summed E-state index contributed by atoms with van der Waals surface area (Å²) in [6.45, 7) is 7.96. The Bertz CT molecular complexity index is 1320. The number of rotatable bonds is 10. The fourth-order valence-electron chi connectivity index (χ4n) is 3.63. The lowest BCUT2D eigenvalue weighted by atomic mass is 10.1. The number of carbonyl (C=O) groups excluding carboxylic acids is 1. The largest absolute Gasteiger partial charge is 0.383 e. The van der Waals surface area contributed by atoms with Gasteiger partial charge in [-0.3, -0.25) is 9.48 Å². The van der Waals surface area contributed by atoms with Crippen molar-refractivity contribution in [3.63, 3.8) is 0 Å². The van der Waals surface area contributed by atoms with E-state index in [4.69, 9.17) is 4.74 Å². The lowest BCUT2D eigenvalue weighted by Gasteiger charge is -2.16. The van der Waals surface area contributed by atoms with E-state index in [1.165, 1.54) is 0 Å². The van der Waals surface area contributed by atoms with Crippen LogP contribution in [0.4, 0.5) is 17.3 Å². The van der Waals surface area contributed by atoms with E-state index in [1.807, 2.05) is 62.0 Å². The Morgan fingerprint density at radius 2 is 2.06 bits per heavy atom. The molecule has 1 atom stereocenters. The molecule has 0 radical (unpaired) electrons. The number of carbonyl (C=O) groups is 1. The average molecular weight is 475 g/mol. The number of amides is 1. The standard InChI is InChI=1S/C25H30N8O2/c1-5-33-15-21-24(32-33)31-22(14-27-21)29-17(3)18-7-6-8-20(12-18)30-25(34)19-11-16(2)23(28-13-19)26-9-10-35-4/h6-8,11-15,17H,5,9-10H2,1-4H3,(H,26,28)(H,30,34)(H,29,31,32)/t17-/m0/s1. The second-order valence-corrected chi connectivity index (χ2v) is 8.20. The van der Waals surface area contributed by atoms with Crippen LogP contribution in [0.15, 0.2) is 48.9 Å². The Hall–Kier alpha value is -4.05. The van der Waals surface area contributed by atoms with Gasteiger partial charge in [-0.05, 0) is 50.1 Å². The summed E-state index contributed by atoms with van der Waals surface area (Å²) in [5, 5.41) is 13.9. The van der Waals surface area contributed by atoms with Gasteiger partial charge in [0.1, 0.15) is 17.2 Å². The maximum absolute atomic E-state index is 12.8. The SMILES string of the molecule is CCn1cc2ncc(N[C@@H](C)c3cccc(NC(=O)c4cnc(NCCOC)c(C)c4)c3)nc2n1. The van der Waals surface area contributed by atoms with Gasteiger partial charge in [-0.15, -0.1) is 0 Å². The number of hydrogen-bond acceptors (Lipinski definition) is 8. The zero-order chi connectivity index (χ0) is 24.8. The first-order chi connectivity index (χ1) is 17.0. The number of nitrogens with zero attached hydrogens (tertiary/aromatic N) is 5. The number of hydrogen-bond donors (Lipinski definition) is 3. The molecule has 35 heavy (non-hydrogen) atoms. The lowest BCUT2D eigenvalue weighted by molar-refractivity contribution is 0.102. The molecule has 0 spiro atoms. The van der Waals surface area contributed by atoms with Gasteiger partial charge in [0.25, 0.3) is 5.91 Å². The van der Waals surface area contributed by atoms with E-state index in [9.17, 15) is 4.79 Å². The van der Waals surface area contributed by atoms with Crippen molar-refractivity contribution in [3.05, 3.63) is 65.6 Å². The minimum atomic E-state index is -0.218. The summed E-state index contributed by atoms with van der Waals surface area (Å²) in [6.07, 6.45) is 5.15. The molecule has 0 bridgehead atoms. The maximum Gasteiger partial charge on any atom is 0.257 e. The number of aryl methyl sites for hydroxylation is 2. The van der Waals surface area contributed by atoms with Crippen molar-refractivity contribution in [3.8, 4) is 0 Å². The van der Waals surface area contributed by atoms with Crippen molar-refractivity contribution in [2.24, 2.45) is 0 Å². The summed E-state index contributed by atoms with van der Waals surface area (Å²) in [5.41, 5.74) is 4.45. The predicted molar refractivity (Wildman–Crippen MR) is 137 cm³/mol. The third-order valence-corrected chi connectivity index (χ3v) is 5.55. The summed E-state index contributed by atoms with van der Waals surface area (Å²) in [5.74, 6) is 1.16. The molecule has 10 nitrogen and oxygen atoms in total. The average Bonchev–Trinajstić information content (AvgIpc) is 3.28. The van der Waals surface area contributed by atoms with E-state index >= 15 is 0 Å². The van der Waals surface area contributed by atoms with Crippen molar-refractivity contribution < 1.29 is 9.53 Å². The third-order valence-electron chi connectivity index (χ3n) is 5.55. The van der Waals surface area contributed by atoms with Crippen molar-refractivity contribution in [2.45, 2.75) is 33.4 Å². The van der Waals surface area contributed by atoms with Crippen LogP contribution in [-0.2, 0) is 11.3 Å². The molecule has 4 rings (SSSR count). The van der Waals surface area contributed by atoms with E-state index in [0.29, 0.717) is 35.9 Å². The van der Waals surface area contributed by atoms with Gasteiger partial charge in [-0.1, -0.05) is 12.1 Å². The van der Waals surface area contributed by atoms with E-state index in [-0.39, 0.29) is 11.9 Å². The Morgan fingerprint density at radius 3 is 2.83 bits per heavy atom. The predicted octanol–water partition coefficient (Wildman–Crippen LogP) is 4.03. The summed E-state index contributed by atoms with van der Waals surface area (Å²) in [7, 11) is 1.65. The van der Waals surface area contributed by atoms with Crippen LogP contribution in [0.3, 0.4) is 0 Å². The Labute approximate surface area is 204 Å². The molecule has 3 N–H and O–H groups in total. The second-order valence-electron chi connectivity index (χ2n) is 8.20. The van der Waals surface area contributed by atoms with Crippen LogP contribution in [-0.4, -0.2) is 50.9 Å². The van der Waals surface area contributed by atoms with E-state index < -0.39 is 0 Å². The molecule has 1 amide bonds. The molecule has 10 heteroatoms. The zero-order valence-electron chi connectivity index (χ0n) is 20.4. The molecule has 0 fully saturated rings. The minimum absolute atomic E-state index is 0.0618. The molecule has 0 aliphatic rings. The van der Waals surface area contributed by atoms with Crippen LogP contribution in [0.5, 0.6) is 0 Å². The van der Waals surface area contributed by atoms with Gasteiger partial charge in [0.15, 0.2) is 0 Å². The number of methoxy groups -OCH3 is 1. The van der Waals surface area contributed by atoms with E-state index in [2.05, 4.69) is 36.0 Å². The van der Waals surface area contributed by atoms with Crippen molar-refractivity contribution in [2.75, 3.05) is 36.2 Å². The fourth-order valence-corrected chi connectivity index (χ4v) is 3.63. The molecule has 1 aromatic carbocycles. The fraction of sp³-hybridized carbons (Fsp3) is 0.320. The normalized spacial score (nSPS) is 11.9. The van der Waals surface area contributed by atoms with Gasteiger partial charge < -0.3 is 20.7 Å². The second kappa shape index (κ2) is 10.9. The number of fused-ring (bicyclic) bond motifs is 1. The van der Waals surface area contributed by atoms with Gasteiger partial charge in [0, 0.05) is 32.1 Å². The Kier molecular flexibility index (Phi) is 7.51. The van der Waals surface area contributed by atoms with Crippen LogP contribution in [0.1, 0.15) is 41.4 Å². The zero-order valence-corrected chi connectivity index (χ0v) is 20.4. The third kappa shape index (κ3) is 5.90. The first kappa shape index (κ1) is 24.1. The van der Waals surface area contributed by atoms with Crippen LogP contribution >= 0.6 is 0 Å². The Morgan fingerprint density at radius 1 is 1.20 bits per heavy atom. The number of aromatic nitrogens is 5. The smallest absolute Gasteiger partial charge is 0.257 e. The van der Waals surface area contributed by atoms with E-state index in [0.717, 1.165) is 29.0 Å². The molecule has 0 saturated carbocycles. The van der Waals surface area contributed by atoms with Crippen molar-refractivity contribution >= 4 is 34.4 Å². The van der Waals surface area contributed by atoms with Crippen molar-refractivity contribution in [1.82, 2.24) is 24.7 Å². The number of benzene rings is 1. The molecule has 4 aromatic rings. The first-order valence-electron chi connectivity index (χ1n) is 11.5. The highest BCUT2D eigenvalue weighted by molar-refractivity contribution is 6.04. The molecule has 0 aliphatic carbocycles. The van der Waals surface area contributed by atoms with E-state index in [1.54, 1.807) is 19.5 Å². The minimum Gasteiger partial charge on any atom is -0.383 e. The first-order valence-corrected chi connectivity index (χ1v) is 11.5. The van der Waals surface area contributed by atoms with Crippen LogP contribution in [0.25, 0.3) is 11.2 Å². The van der Waals surface area contributed by atoms with Crippen LogP contribution < -0.4 is 16.0 Å². The van der Waals surface area contributed by atoms with Crippen molar-refractivity contribution in [1.29, 1.82) is 0 Å². The highest BCUT2D eigenvalue weighted by Crippen LogP contribution is 2.22. The summed E-state index contributed by atoms with van der Waals surface area (Å²) >= 11 is 0. The highest BCUT2D eigenvalue weighted by Gasteiger charge is 2.12. The molecular formula is C25H30N8O2.